The summed E-state index contributed by atoms with van der Waals surface area (Å²) >= 11 is 0. The number of rotatable bonds is 2. The topological polar surface area (TPSA) is 37.3 Å². The molecule has 80 valence electrons. The van der Waals surface area contributed by atoms with E-state index in [0.717, 1.165) is 19.1 Å². The molecule has 0 radical (unpaired) electrons. The predicted molar refractivity (Wildman–Crippen MR) is 58.6 cm³/mol. The molecule has 1 aliphatic carbocycles. The van der Waals surface area contributed by atoms with E-state index in [9.17, 15) is 9.90 Å². The highest BCUT2D eigenvalue weighted by molar-refractivity contribution is 5.54. The lowest BCUT2D eigenvalue weighted by molar-refractivity contribution is -0.113. The van der Waals surface area contributed by atoms with Crippen LogP contribution >= 0.6 is 0 Å². The van der Waals surface area contributed by atoms with Crippen LogP contribution in [0.1, 0.15) is 30.7 Å². The van der Waals surface area contributed by atoms with Crippen LogP contribution in [0.3, 0.4) is 0 Å². The average Bonchev–Trinajstić information content (AvgIpc) is 2.29. The monoisotopic (exact) mass is 204 g/mol. The predicted octanol–water partition coefficient (Wildman–Crippen LogP) is 2.13. The van der Waals surface area contributed by atoms with Gasteiger partial charge in [0, 0.05) is 5.92 Å². The van der Waals surface area contributed by atoms with Gasteiger partial charge in [0.1, 0.15) is 6.29 Å². The minimum absolute atomic E-state index is 0.0268. The van der Waals surface area contributed by atoms with E-state index in [1.54, 1.807) is 0 Å². The lowest BCUT2D eigenvalue weighted by Gasteiger charge is -2.30. The van der Waals surface area contributed by atoms with Crippen LogP contribution in [0.5, 0.6) is 0 Å². The van der Waals surface area contributed by atoms with Gasteiger partial charge < -0.3 is 9.90 Å². The number of carbonyl (C=O) groups excluding carboxylic acids is 1. The number of benzene rings is 1. The van der Waals surface area contributed by atoms with Gasteiger partial charge in [-0.1, -0.05) is 30.3 Å². The van der Waals surface area contributed by atoms with Crippen LogP contribution in [0.2, 0.25) is 0 Å². The Morgan fingerprint density at radius 3 is 2.53 bits per heavy atom. The van der Waals surface area contributed by atoms with E-state index >= 15 is 0 Å². The van der Waals surface area contributed by atoms with Gasteiger partial charge in [0.25, 0.3) is 0 Å². The van der Waals surface area contributed by atoms with Gasteiger partial charge in [0.2, 0.25) is 0 Å². The van der Waals surface area contributed by atoms with Crippen molar-refractivity contribution in [3.05, 3.63) is 35.9 Å². The lowest BCUT2D eigenvalue weighted by Crippen LogP contribution is -2.25. The zero-order chi connectivity index (χ0) is 10.7. The van der Waals surface area contributed by atoms with Crippen LogP contribution in [0.15, 0.2) is 30.3 Å². The molecule has 1 aromatic carbocycles. The molecule has 0 spiro atoms. The molecule has 0 aromatic heterocycles. The van der Waals surface area contributed by atoms with E-state index in [0.29, 0.717) is 12.3 Å². The Kier molecular flexibility index (Phi) is 3.17. The van der Waals surface area contributed by atoms with Crippen molar-refractivity contribution in [2.24, 2.45) is 5.92 Å². The molecule has 1 saturated carbocycles. The summed E-state index contributed by atoms with van der Waals surface area (Å²) in [6, 6.07) is 10.1. The first-order valence-electron chi connectivity index (χ1n) is 5.48. The summed E-state index contributed by atoms with van der Waals surface area (Å²) in [5.41, 5.74) is 1.24. The number of carbonyl (C=O) groups is 1. The molecular weight excluding hydrogens is 188 g/mol. The lowest BCUT2D eigenvalue weighted by atomic mass is 9.77. The molecule has 2 heteroatoms. The Labute approximate surface area is 89.9 Å². The van der Waals surface area contributed by atoms with Crippen LogP contribution in [0.25, 0.3) is 0 Å². The maximum atomic E-state index is 10.8. The molecule has 3 unspecified atom stereocenters. The molecule has 1 aliphatic rings. The highest BCUT2D eigenvalue weighted by atomic mass is 16.3. The molecular formula is C13H16O2. The molecule has 1 N–H and O–H groups in total. The minimum atomic E-state index is -0.320. The molecule has 3 atom stereocenters. The van der Waals surface area contributed by atoms with Crippen LogP contribution < -0.4 is 0 Å². The second-order valence-corrected chi connectivity index (χ2v) is 4.36. The maximum Gasteiger partial charge on any atom is 0.123 e. The quantitative estimate of drug-likeness (QED) is 0.749. The van der Waals surface area contributed by atoms with Crippen molar-refractivity contribution in [1.29, 1.82) is 0 Å². The maximum absolute atomic E-state index is 10.8. The van der Waals surface area contributed by atoms with E-state index in [1.165, 1.54) is 5.56 Å². The molecule has 0 aliphatic heterocycles. The van der Waals surface area contributed by atoms with Gasteiger partial charge in [-0.2, -0.15) is 0 Å². The third-order valence-electron chi connectivity index (χ3n) is 3.18. The summed E-state index contributed by atoms with van der Waals surface area (Å²) in [4.78, 5) is 10.8. The number of hydrogen-bond acceptors (Lipinski definition) is 2. The Balaban J connectivity index is 2.12. The molecule has 1 aromatic rings. The molecule has 2 nitrogen and oxygen atoms in total. The number of aldehydes is 1. The van der Waals surface area contributed by atoms with Crippen molar-refractivity contribution in [2.45, 2.75) is 31.3 Å². The van der Waals surface area contributed by atoms with Crippen molar-refractivity contribution < 1.29 is 9.90 Å². The Hall–Kier alpha value is -1.15. The smallest absolute Gasteiger partial charge is 0.123 e. The van der Waals surface area contributed by atoms with Gasteiger partial charge in [0.15, 0.2) is 0 Å². The highest BCUT2D eigenvalue weighted by Crippen LogP contribution is 2.35. The molecule has 2 rings (SSSR count). The normalized spacial score (nSPS) is 31.1. The van der Waals surface area contributed by atoms with E-state index in [-0.39, 0.29) is 12.0 Å². The second-order valence-electron chi connectivity index (χ2n) is 4.36. The van der Waals surface area contributed by atoms with Gasteiger partial charge in [0.05, 0.1) is 6.10 Å². The van der Waals surface area contributed by atoms with E-state index in [4.69, 9.17) is 0 Å². The summed E-state index contributed by atoms with van der Waals surface area (Å²) < 4.78 is 0. The van der Waals surface area contributed by atoms with Crippen LogP contribution in [0, 0.1) is 5.92 Å². The molecule has 0 bridgehead atoms. The van der Waals surface area contributed by atoms with Crippen molar-refractivity contribution in [2.75, 3.05) is 0 Å². The molecule has 15 heavy (non-hydrogen) atoms. The van der Waals surface area contributed by atoms with E-state index < -0.39 is 0 Å². The number of aliphatic hydroxyl groups excluding tert-OH is 1. The van der Waals surface area contributed by atoms with Gasteiger partial charge in [-0.3, -0.25) is 0 Å². The highest BCUT2D eigenvalue weighted by Gasteiger charge is 2.28. The van der Waals surface area contributed by atoms with E-state index in [2.05, 4.69) is 12.1 Å². The number of hydrogen-bond donors (Lipinski definition) is 1. The first-order chi connectivity index (χ1) is 7.29. The van der Waals surface area contributed by atoms with Gasteiger partial charge in [-0.05, 0) is 30.7 Å². The van der Waals surface area contributed by atoms with Gasteiger partial charge >= 0.3 is 0 Å². The summed E-state index contributed by atoms with van der Waals surface area (Å²) in [7, 11) is 0. The van der Waals surface area contributed by atoms with Crippen LogP contribution in [0.4, 0.5) is 0 Å². The summed E-state index contributed by atoms with van der Waals surface area (Å²) in [5, 5.41) is 9.68. The Morgan fingerprint density at radius 2 is 1.87 bits per heavy atom. The van der Waals surface area contributed by atoms with Crippen molar-refractivity contribution in [3.63, 3.8) is 0 Å². The molecule has 0 heterocycles. The Bertz CT molecular complexity index is 321. The third-order valence-corrected chi connectivity index (χ3v) is 3.18. The molecule has 0 amide bonds. The minimum Gasteiger partial charge on any atom is -0.393 e. The van der Waals surface area contributed by atoms with Gasteiger partial charge in [-0.25, -0.2) is 0 Å². The standard InChI is InChI=1S/C13H16O2/c14-9-10-6-12(8-13(15)7-10)11-4-2-1-3-5-11/h1-5,9-10,12-13,15H,6-8H2. The number of aliphatic hydroxyl groups is 1. The zero-order valence-corrected chi connectivity index (χ0v) is 8.67. The average molecular weight is 204 g/mol. The van der Waals surface area contributed by atoms with Crippen molar-refractivity contribution in [1.82, 2.24) is 0 Å². The second kappa shape index (κ2) is 4.58. The SMILES string of the molecule is O=CC1CC(O)CC(c2ccccc2)C1. The fourth-order valence-corrected chi connectivity index (χ4v) is 2.44. The first-order valence-corrected chi connectivity index (χ1v) is 5.48. The van der Waals surface area contributed by atoms with Crippen LogP contribution in [-0.4, -0.2) is 17.5 Å². The van der Waals surface area contributed by atoms with Crippen molar-refractivity contribution >= 4 is 6.29 Å². The fourth-order valence-electron chi connectivity index (χ4n) is 2.44. The van der Waals surface area contributed by atoms with E-state index in [1.807, 2.05) is 18.2 Å². The first kappa shape index (κ1) is 10.4. The largest absolute Gasteiger partial charge is 0.393 e. The zero-order valence-electron chi connectivity index (χ0n) is 8.67. The molecule has 0 saturated heterocycles. The summed E-state index contributed by atoms with van der Waals surface area (Å²) in [5.74, 6) is 0.365. The van der Waals surface area contributed by atoms with Gasteiger partial charge in [-0.15, -0.1) is 0 Å². The Morgan fingerprint density at radius 1 is 1.13 bits per heavy atom. The molecule has 1 fully saturated rings. The summed E-state index contributed by atoms with van der Waals surface area (Å²) in [6.07, 6.45) is 2.96. The summed E-state index contributed by atoms with van der Waals surface area (Å²) in [6.45, 7) is 0. The van der Waals surface area contributed by atoms with Crippen molar-refractivity contribution in [3.8, 4) is 0 Å². The van der Waals surface area contributed by atoms with Crippen LogP contribution in [-0.2, 0) is 4.79 Å². The fraction of sp³-hybridized carbons (Fsp3) is 0.462. The third kappa shape index (κ3) is 2.45.